The number of Topliss-reactive ketones (excluding diaryl/α,β-unsaturated/α-hetero) is 3. The highest BCUT2D eigenvalue weighted by molar-refractivity contribution is 6.32. The van der Waals surface area contributed by atoms with Gasteiger partial charge < -0.3 is 97.6 Å². The summed E-state index contributed by atoms with van der Waals surface area (Å²) in [4.78, 5) is 120. The van der Waals surface area contributed by atoms with E-state index in [0.29, 0.717) is 11.8 Å². The van der Waals surface area contributed by atoms with E-state index in [9.17, 15) is 60.3 Å². The molecule has 0 radical (unpaired) electrons. The molecule has 17 N–H and O–H groups in total. The van der Waals surface area contributed by atoms with Gasteiger partial charge >= 0.3 is 0 Å². The fourth-order valence-corrected chi connectivity index (χ4v) is 16.3. The molecule has 14 atom stereocenters. The van der Waals surface area contributed by atoms with Gasteiger partial charge in [-0.3, -0.25) is 38.4 Å². The molecule has 4 aliphatic carbocycles. The first kappa shape index (κ1) is 71.3. The highest BCUT2D eigenvalue weighted by Crippen LogP contribution is 2.58. The van der Waals surface area contributed by atoms with E-state index in [1.165, 1.54) is 36.4 Å². The average molecular weight is 1420 g/mol. The lowest BCUT2D eigenvalue weighted by molar-refractivity contribution is -0.277. The van der Waals surface area contributed by atoms with E-state index in [4.69, 9.17) is 53.6 Å². The van der Waals surface area contributed by atoms with Gasteiger partial charge in [0.15, 0.2) is 28.8 Å². The number of aromatic hydroxyl groups is 3. The van der Waals surface area contributed by atoms with Gasteiger partial charge in [0.2, 0.25) is 41.6 Å². The molecular formula is C71H78Cl2N6O21. The van der Waals surface area contributed by atoms with Crippen molar-refractivity contribution >= 4 is 70.1 Å². The molecule has 5 aromatic carbocycles. The molecule has 29 heteroatoms. The average Bonchev–Trinajstić information content (AvgIpc) is 0.784. The van der Waals surface area contributed by atoms with Crippen molar-refractivity contribution in [1.29, 1.82) is 0 Å². The number of phenolic OH excluding ortho intramolecular Hbond substituents is 3. The standard InChI is InChI=1S/C71H78Cl2N6O21/c1-27(2)9-44(74)69(95)78-59-47(84)18-36(21-55(75)87)67(93)76-57-35-19-52(97-50-7-4-31(61(59)88)16-42(50)72)66(100-71-65(92)64(91)63(90)54(26-80)99-71)53(20-35)98-51-8-5-32(17-43(51)73)62(89)60-70(96)77-58(49(86)24-38-33-11-28-10-29(13-33)14-34(38)12-28)41-22-37(81)23-46(83)56(41)40-15-30(3-6-45(40)82)39(25-48(57)85)68(94)79-60/h3-8,15-17,19-20,22-23,27-29,33-34,36,38-39,44,54,57-65,71,80-83,88-92H,9-14,18,21,24-26,74H2,1-2H3,(H2,75,87)(H,76,93)(H,77,96)(H,78,95)(H,79,94)/t28?,29?,33?,34?,36-,38?,39+,44+,54?,57+,58-,59-,60+,61+,62+,63?,64?,65?,71?/m0/s1. The number of nitrogens with one attached hydrogen (secondary N) is 4. The molecule has 0 spiro atoms. The van der Waals surface area contributed by atoms with Crippen molar-refractivity contribution < 1.29 is 103 Å². The monoisotopic (exact) mass is 1420 g/mol. The second-order valence-corrected chi connectivity index (χ2v) is 28.8. The molecule has 5 unspecified atom stereocenters. The number of ketones is 3. The molecule has 15 rings (SSSR count). The topological polar surface area (TPSA) is 456 Å². The molecule has 27 nitrogen and oxygen atoms in total. The second kappa shape index (κ2) is 28.9. The molecule has 100 heavy (non-hydrogen) atoms. The van der Waals surface area contributed by atoms with Crippen molar-refractivity contribution in [1.82, 2.24) is 21.3 Å². The van der Waals surface area contributed by atoms with Crippen molar-refractivity contribution in [3.63, 3.8) is 0 Å². The Morgan fingerprint density at radius 2 is 1.28 bits per heavy atom. The third kappa shape index (κ3) is 14.4. The van der Waals surface area contributed by atoms with Crippen LogP contribution in [0.1, 0.15) is 136 Å². The van der Waals surface area contributed by atoms with Crippen molar-refractivity contribution in [2.24, 2.45) is 52.9 Å². The van der Waals surface area contributed by atoms with E-state index in [2.05, 4.69) is 21.3 Å². The summed E-state index contributed by atoms with van der Waals surface area (Å²) in [7, 11) is 0. The van der Waals surface area contributed by atoms with Crippen LogP contribution in [0, 0.1) is 41.4 Å². The van der Waals surface area contributed by atoms with Crippen LogP contribution >= 0.6 is 23.2 Å². The molecular weight excluding hydrogens is 1340 g/mol. The van der Waals surface area contributed by atoms with Crippen LogP contribution in [0.3, 0.4) is 0 Å². The third-order valence-corrected chi connectivity index (χ3v) is 21.2. The zero-order valence-corrected chi connectivity index (χ0v) is 55.7. The number of hydrogen-bond acceptors (Lipinski definition) is 22. The van der Waals surface area contributed by atoms with Crippen LogP contribution in [-0.2, 0) is 43.1 Å². The van der Waals surface area contributed by atoms with Crippen molar-refractivity contribution in [3.8, 4) is 57.1 Å². The highest BCUT2D eigenvalue weighted by atomic mass is 35.5. The molecule has 15 bridgehead atoms. The molecule has 10 aliphatic rings. The Balaban J connectivity index is 1.06. The van der Waals surface area contributed by atoms with Gasteiger partial charge in [-0.15, -0.1) is 0 Å². The molecule has 5 aromatic rings. The molecule has 4 saturated carbocycles. The Morgan fingerprint density at radius 1 is 0.660 bits per heavy atom. The molecule has 6 aliphatic heterocycles. The van der Waals surface area contributed by atoms with Crippen LogP contribution in [0.2, 0.25) is 10.0 Å². The van der Waals surface area contributed by atoms with Gasteiger partial charge in [0.05, 0.1) is 34.5 Å². The number of carbonyl (C=O) groups is 8. The molecule has 5 fully saturated rings. The lowest BCUT2D eigenvalue weighted by atomic mass is 9.51. The minimum Gasteiger partial charge on any atom is -0.508 e. The van der Waals surface area contributed by atoms with E-state index < -0.39 is 192 Å². The van der Waals surface area contributed by atoms with E-state index in [1.807, 2.05) is 0 Å². The molecule has 0 aromatic heterocycles. The first-order chi connectivity index (χ1) is 47.5. The molecule has 5 amide bonds. The van der Waals surface area contributed by atoms with Crippen molar-refractivity contribution in [3.05, 3.63) is 117 Å². The van der Waals surface area contributed by atoms with Gasteiger partial charge in [-0.1, -0.05) is 55.2 Å². The lowest BCUT2D eigenvalue weighted by Crippen LogP contribution is -2.60. The molecule has 532 valence electrons. The number of ether oxygens (including phenoxy) is 4. The number of hydrogen-bond donors (Lipinski definition) is 15. The van der Waals surface area contributed by atoms with E-state index in [-0.39, 0.29) is 97.0 Å². The van der Waals surface area contributed by atoms with Crippen LogP contribution in [0.25, 0.3) is 11.1 Å². The molecule has 6 heterocycles. The normalized spacial score (nSPS) is 30.6. The Bertz CT molecular complexity index is 4070. The van der Waals surface area contributed by atoms with Crippen LogP contribution in [-0.4, -0.2) is 148 Å². The first-order valence-electron chi connectivity index (χ1n) is 33.2. The maximum absolute atomic E-state index is 16.1. The predicted molar refractivity (Wildman–Crippen MR) is 353 cm³/mol. The fraction of sp³-hybridized carbons (Fsp3) is 0.465. The Labute approximate surface area is 582 Å². The number of aliphatic hydroxyl groups is 6. The van der Waals surface area contributed by atoms with Gasteiger partial charge in [-0.05, 0) is 156 Å². The fourth-order valence-electron chi connectivity index (χ4n) is 15.8. The van der Waals surface area contributed by atoms with Crippen molar-refractivity contribution in [2.75, 3.05) is 6.61 Å². The van der Waals surface area contributed by atoms with E-state index in [0.717, 1.165) is 74.6 Å². The summed E-state index contributed by atoms with van der Waals surface area (Å²) < 4.78 is 25.2. The van der Waals surface area contributed by atoms with Gasteiger partial charge in [-0.25, -0.2) is 0 Å². The number of carbonyl (C=O) groups excluding carboxylic acids is 8. The largest absolute Gasteiger partial charge is 0.508 e. The van der Waals surface area contributed by atoms with Crippen LogP contribution in [0.4, 0.5) is 0 Å². The highest BCUT2D eigenvalue weighted by Gasteiger charge is 2.51. The van der Waals surface area contributed by atoms with Gasteiger partial charge in [0, 0.05) is 42.9 Å². The lowest BCUT2D eigenvalue weighted by Gasteiger charge is -2.54. The first-order valence-corrected chi connectivity index (χ1v) is 34.0. The maximum atomic E-state index is 16.1. The number of fused-ring (bicyclic) bond motifs is 15. The van der Waals surface area contributed by atoms with Gasteiger partial charge in [0.25, 0.3) is 0 Å². The van der Waals surface area contributed by atoms with E-state index in [1.54, 1.807) is 13.8 Å². The number of primary amides is 1. The number of benzene rings is 5. The summed E-state index contributed by atoms with van der Waals surface area (Å²) >= 11 is 14.1. The Kier molecular flexibility index (Phi) is 20.6. The van der Waals surface area contributed by atoms with Crippen LogP contribution in [0.15, 0.2) is 78.9 Å². The second-order valence-electron chi connectivity index (χ2n) is 28.0. The number of halogens is 2. The minimum absolute atomic E-state index is 0.0544. The summed E-state index contributed by atoms with van der Waals surface area (Å²) in [6, 6.07) is 6.00. The summed E-state index contributed by atoms with van der Waals surface area (Å²) in [6.45, 7) is 2.66. The SMILES string of the molecule is CC(C)C[C@@H](N)C(=O)N[C@H]1C(=O)C[C@@H](CC(N)=O)C(=O)N[C@H]2C(=O)C[C@H]3C(=O)N[C@@H](C(=O)N[C@H](C(=O)CC4C5CC6CC(C5)CC4C6)c4cc(O)cc(O)c4-c4cc3ccc4O)[C@H](O)c3ccc(c(Cl)c3)Oc3cc2cc(c3OC2OC(CO)C(O)C(O)C2O)Oc2ccc(cc2Cl)[C@H]1O. The summed E-state index contributed by atoms with van der Waals surface area (Å²) in [5.41, 5.74) is 10.6. The number of rotatable bonds is 12. The predicted octanol–water partition coefficient (Wildman–Crippen LogP) is 4.53. The van der Waals surface area contributed by atoms with Crippen LogP contribution < -0.4 is 46.9 Å². The number of amides is 5. The zero-order chi connectivity index (χ0) is 71.6. The number of aliphatic hydroxyl groups excluding tert-OH is 6. The number of nitrogens with two attached hydrogens (primary N) is 2. The number of phenols is 3. The minimum atomic E-state index is -2.14. The van der Waals surface area contributed by atoms with Gasteiger partial charge in [0.1, 0.15) is 89.5 Å². The summed E-state index contributed by atoms with van der Waals surface area (Å²) in [5, 5.41) is 113. The Morgan fingerprint density at radius 3 is 1.88 bits per heavy atom. The summed E-state index contributed by atoms with van der Waals surface area (Å²) in [6.07, 6.45) is -11.8. The van der Waals surface area contributed by atoms with E-state index >= 15 is 24.0 Å². The van der Waals surface area contributed by atoms with Crippen molar-refractivity contribution in [2.45, 2.75) is 157 Å². The smallest absolute Gasteiger partial charge is 0.246 e. The third-order valence-electron chi connectivity index (χ3n) is 20.6. The quantitative estimate of drug-likeness (QED) is 0.0815. The van der Waals surface area contributed by atoms with Gasteiger partial charge in [-0.2, -0.15) is 0 Å². The zero-order valence-electron chi connectivity index (χ0n) is 54.2. The maximum Gasteiger partial charge on any atom is 0.246 e. The Hall–Kier alpha value is -8.48. The molecule has 1 saturated heterocycles. The summed E-state index contributed by atoms with van der Waals surface area (Å²) in [5.74, 6) is -14.9. The van der Waals surface area contributed by atoms with Crippen LogP contribution in [0.5, 0.6) is 46.0 Å².